The number of amides is 2. The average Bonchev–Trinajstić information content (AvgIpc) is 2.97. The zero-order valence-corrected chi connectivity index (χ0v) is 16.4. The molecule has 0 aromatic heterocycles. The Bertz CT molecular complexity index is 825. The van der Waals surface area contributed by atoms with E-state index in [1.54, 1.807) is 11.8 Å². The van der Waals surface area contributed by atoms with Crippen LogP contribution in [0.4, 0.5) is 11.4 Å². The van der Waals surface area contributed by atoms with E-state index in [2.05, 4.69) is 5.32 Å². The van der Waals surface area contributed by atoms with Crippen molar-refractivity contribution < 1.29 is 9.59 Å². The van der Waals surface area contributed by atoms with E-state index in [9.17, 15) is 9.59 Å². The van der Waals surface area contributed by atoms with Crippen LogP contribution in [-0.2, 0) is 9.59 Å². The Balaban J connectivity index is 1.96. The smallest absolute Gasteiger partial charge is 0.238 e. The van der Waals surface area contributed by atoms with Gasteiger partial charge in [0.1, 0.15) is 5.37 Å². The number of anilines is 2. The van der Waals surface area contributed by atoms with Crippen LogP contribution in [0.1, 0.15) is 37.3 Å². The molecule has 136 valence electrons. The fourth-order valence-electron chi connectivity index (χ4n) is 2.77. The lowest BCUT2D eigenvalue weighted by Crippen LogP contribution is -2.30. The van der Waals surface area contributed by atoms with Gasteiger partial charge >= 0.3 is 0 Å². The van der Waals surface area contributed by atoms with E-state index >= 15 is 0 Å². The molecular formula is C21H24N2O2S. The SMILES string of the molecule is Cc1ccc(N2C(=O)CS[C@@H]2c2ccccc2NC(=O)C(C)(C)C)cc1. The van der Waals surface area contributed by atoms with Crippen molar-refractivity contribution in [2.24, 2.45) is 5.41 Å². The van der Waals surface area contributed by atoms with Gasteiger partial charge in [0.25, 0.3) is 0 Å². The van der Waals surface area contributed by atoms with Crippen LogP contribution in [0.15, 0.2) is 48.5 Å². The Morgan fingerprint density at radius 1 is 1.12 bits per heavy atom. The fraction of sp³-hybridized carbons (Fsp3) is 0.333. The first kappa shape index (κ1) is 18.5. The van der Waals surface area contributed by atoms with Crippen molar-refractivity contribution in [1.82, 2.24) is 0 Å². The summed E-state index contributed by atoms with van der Waals surface area (Å²) in [6.07, 6.45) is 0. The van der Waals surface area contributed by atoms with Crippen LogP contribution < -0.4 is 10.2 Å². The minimum Gasteiger partial charge on any atom is -0.325 e. The summed E-state index contributed by atoms with van der Waals surface area (Å²) in [6.45, 7) is 7.69. The first-order chi connectivity index (χ1) is 12.3. The maximum absolute atomic E-state index is 12.6. The molecular weight excluding hydrogens is 344 g/mol. The predicted molar refractivity (Wildman–Crippen MR) is 108 cm³/mol. The van der Waals surface area contributed by atoms with Crippen molar-refractivity contribution in [2.45, 2.75) is 33.1 Å². The third-order valence-electron chi connectivity index (χ3n) is 4.34. The Hall–Kier alpha value is -2.27. The topological polar surface area (TPSA) is 49.4 Å². The predicted octanol–water partition coefficient (Wildman–Crippen LogP) is 4.76. The molecule has 5 heteroatoms. The number of benzene rings is 2. The van der Waals surface area contributed by atoms with Crippen LogP contribution in [0.2, 0.25) is 0 Å². The highest BCUT2D eigenvalue weighted by Gasteiger charge is 2.35. The summed E-state index contributed by atoms with van der Waals surface area (Å²) in [4.78, 5) is 26.8. The molecule has 0 unspecified atom stereocenters. The van der Waals surface area contributed by atoms with Crippen molar-refractivity contribution in [2.75, 3.05) is 16.0 Å². The molecule has 1 saturated heterocycles. The summed E-state index contributed by atoms with van der Waals surface area (Å²) in [5.74, 6) is 0.474. The van der Waals surface area contributed by atoms with Crippen LogP contribution in [0.5, 0.6) is 0 Å². The lowest BCUT2D eigenvalue weighted by Gasteiger charge is -2.27. The van der Waals surface area contributed by atoms with Gasteiger partial charge < -0.3 is 5.32 Å². The molecule has 0 spiro atoms. The van der Waals surface area contributed by atoms with Gasteiger partial charge in [0.2, 0.25) is 11.8 Å². The first-order valence-corrected chi connectivity index (χ1v) is 9.73. The number of hydrogen-bond donors (Lipinski definition) is 1. The second-order valence-electron chi connectivity index (χ2n) is 7.55. The van der Waals surface area contributed by atoms with Gasteiger partial charge in [-0.2, -0.15) is 0 Å². The fourth-order valence-corrected chi connectivity index (χ4v) is 3.99. The quantitative estimate of drug-likeness (QED) is 0.850. The summed E-state index contributed by atoms with van der Waals surface area (Å²) >= 11 is 1.58. The normalized spacial score (nSPS) is 17.5. The maximum Gasteiger partial charge on any atom is 0.238 e. The number of carbonyl (C=O) groups excluding carboxylic acids is 2. The van der Waals surface area contributed by atoms with Gasteiger partial charge in [0, 0.05) is 22.4 Å². The van der Waals surface area contributed by atoms with Gasteiger partial charge in [-0.15, -0.1) is 11.8 Å². The first-order valence-electron chi connectivity index (χ1n) is 8.68. The summed E-state index contributed by atoms with van der Waals surface area (Å²) < 4.78 is 0. The van der Waals surface area contributed by atoms with Gasteiger partial charge in [0.05, 0.1) is 5.75 Å². The van der Waals surface area contributed by atoms with E-state index in [-0.39, 0.29) is 17.2 Å². The number of aryl methyl sites for hydroxylation is 1. The van der Waals surface area contributed by atoms with Crippen molar-refractivity contribution in [3.8, 4) is 0 Å². The summed E-state index contributed by atoms with van der Waals surface area (Å²) in [5, 5.41) is 2.88. The summed E-state index contributed by atoms with van der Waals surface area (Å²) in [7, 11) is 0. The molecule has 0 radical (unpaired) electrons. The standard InChI is InChI=1S/C21H24N2O2S/c1-14-9-11-15(12-10-14)23-18(24)13-26-19(23)16-7-5-6-8-17(16)22-20(25)21(2,3)4/h5-12,19H,13H2,1-4H3,(H,22,25)/t19-/m1/s1. The van der Waals surface area contributed by atoms with E-state index in [0.717, 1.165) is 22.5 Å². The third kappa shape index (κ3) is 3.78. The van der Waals surface area contributed by atoms with Gasteiger partial charge in [-0.1, -0.05) is 56.7 Å². The Kier molecular flexibility index (Phi) is 5.10. The van der Waals surface area contributed by atoms with Crippen LogP contribution in [-0.4, -0.2) is 17.6 Å². The molecule has 4 nitrogen and oxygen atoms in total. The van der Waals surface area contributed by atoms with Crippen molar-refractivity contribution >= 4 is 35.0 Å². The van der Waals surface area contributed by atoms with E-state index < -0.39 is 5.41 Å². The molecule has 1 N–H and O–H groups in total. The van der Waals surface area contributed by atoms with Crippen LogP contribution in [0.25, 0.3) is 0 Å². The van der Waals surface area contributed by atoms with Gasteiger partial charge in [-0.25, -0.2) is 0 Å². The second kappa shape index (κ2) is 7.16. The third-order valence-corrected chi connectivity index (χ3v) is 5.53. The molecule has 3 rings (SSSR count). The molecule has 0 saturated carbocycles. The molecule has 26 heavy (non-hydrogen) atoms. The molecule has 2 aromatic rings. The number of rotatable bonds is 3. The molecule has 2 aromatic carbocycles. The van der Waals surface area contributed by atoms with E-state index in [4.69, 9.17) is 0 Å². The van der Waals surface area contributed by atoms with Crippen LogP contribution in [0.3, 0.4) is 0 Å². The summed E-state index contributed by atoms with van der Waals surface area (Å²) in [5.41, 5.74) is 3.26. The Morgan fingerprint density at radius 2 is 1.77 bits per heavy atom. The monoisotopic (exact) mass is 368 g/mol. The number of hydrogen-bond acceptors (Lipinski definition) is 3. The van der Waals surface area contributed by atoms with Crippen molar-refractivity contribution in [1.29, 1.82) is 0 Å². The molecule has 1 atom stereocenters. The molecule has 1 heterocycles. The number of thioether (sulfide) groups is 1. The molecule has 2 amide bonds. The molecule has 0 aliphatic carbocycles. The lowest BCUT2D eigenvalue weighted by atomic mass is 9.95. The maximum atomic E-state index is 12.6. The van der Waals surface area contributed by atoms with E-state index in [1.165, 1.54) is 0 Å². The van der Waals surface area contributed by atoms with Crippen LogP contribution >= 0.6 is 11.8 Å². The Labute approximate surface area is 159 Å². The minimum absolute atomic E-state index is 0.0406. The number of nitrogens with zero attached hydrogens (tertiary/aromatic N) is 1. The van der Waals surface area contributed by atoms with Gasteiger partial charge in [-0.3, -0.25) is 14.5 Å². The average molecular weight is 369 g/mol. The zero-order valence-electron chi connectivity index (χ0n) is 15.6. The van der Waals surface area contributed by atoms with E-state index in [0.29, 0.717) is 5.75 Å². The van der Waals surface area contributed by atoms with Gasteiger partial charge in [-0.05, 0) is 25.1 Å². The van der Waals surface area contributed by atoms with E-state index in [1.807, 2.05) is 81.1 Å². The highest BCUT2D eigenvalue weighted by molar-refractivity contribution is 8.00. The number of carbonyl (C=O) groups is 2. The molecule has 1 aliphatic heterocycles. The molecule has 1 fully saturated rings. The summed E-state index contributed by atoms with van der Waals surface area (Å²) in [6, 6.07) is 15.7. The number of nitrogens with one attached hydrogen (secondary N) is 1. The zero-order chi connectivity index (χ0) is 18.9. The molecule has 0 bridgehead atoms. The van der Waals surface area contributed by atoms with Crippen LogP contribution in [0, 0.1) is 12.3 Å². The highest BCUT2D eigenvalue weighted by atomic mass is 32.2. The largest absolute Gasteiger partial charge is 0.325 e. The van der Waals surface area contributed by atoms with Crippen molar-refractivity contribution in [3.63, 3.8) is 0 Å². The second-order valence-corrected chi connectivity index (χ2v) is 8.62. The number of para-hydroxylation sites is 1. The molecule has 1 aliphatic rings. The highest BCUT2D eigenvalue weighted by Crippen LogP contribution is 2.44. The van der Waals surface area contributed by atoms with Gasteiger partial charge in [0.15, 0.2) is 0 Å². The van der Waals surface area contributed by atoms with Crippen molar-refractivity contribution in [3.05, 3.63) is 59.7 Å². The minimum atomic E-state index is -0.484. The Morgan fingerprint density at radius 3 is 2.42 bits per heavy atom. The lowest BCUT2D eigenvalue weighted by molar-refractivity contribution is -0.123.